The molecule has 0 aliphatic carbocycles. The summed E-state index contributed by atoms with van der Waals surface area (Å²) in [5, 5.41) is 1.20. The fourth-order valence-electron chi connectivity index (χ4n) is 4.02. The summed E-state index contributed by atoms with van der Waals surface area (Å²) in [6.07, 6.45) is 0. The Morgan fingerprint density at radius 3 is 2.24 bits per heavy atom. The van der Waals surface area contributed by atoms with E-state index in [4.69, 9.17) is 4.98 Å². The van der Waals surface area contributed by atoms with Crippen molar-refractivity contribution in [2.24, 2.45) is 7.05 Å². The number of hydrogen-bond donors (Lipinski definition) is 0. The van der Waals surface area contributed by atoms with Crippen LogP contribution in [0.5, 0.6) is 0 Å². The number of aromatic nitrogens is 2. The Bertz CT molecular complexity index is 1200. The maximum Gasteiger partial charge on any atom is 0.296 e. The number of fused-ring (bicyclic) bond motifs is 1. The summed E-state index contributed by atoms with van der Waals surface area (Å²) < 4.78 is 2.23. The lowest BCUT2D eigenvalue weighted by Gasteiger charge is -2.15. The summed E-state index contributed by atoms with van der Waals surface area (Å²) in [5.41, 5.74) is 10.0. The molecule has 146 valence electrons. The van der Waals surface area contributed by atoms with Crippen molar-refractivity contribution < 1.29 is 4.57 Å². The van der Waals surface area contributed by atoms with Crippen molar-refractivity contribution in [3.63, 3.8) is 0 Å². The van der Waals surface area contributed by atoms with Gasteiger partial charge in [-0.3, -0.25) is 0 Å². The number of hydrogen-bond acceptors (Lipinski definition) is 1. The zero-order valence-corrected chi connectivity index (χ0v) is 18.2. The standard InChI is InChI=1S/C27H29N2/c1-17(2)22-12-13-24-26(16-22)28-20(5)29(6)27(24)25-15-23(14-18(3)19(25)4)21-10-8-7-9-11-21/h7-17H,1-6H3/q+1. The van der Waals surface area contributed by atoms with Gasteiger partial charge in [-0.25, -0.2) is 4.57 Å². The van der Waals surface area contributed by atoms with Gasteiger partial charge in [0.1, 0.15) is 5.69 Å². The van der Waals surface area contributed by atoms with Crippen molar-refractivity contribution in [1.82, 2.24) is 4.98 Å². The maximum atomic E-state index is 4.90. The predicted molar refractivity (Wildman–Crippen MR) is 122 cm³/mol. The molecule has 0 radical (unpaired) electrons. The molecule has 29 heavy (non-hydrogen) atoms. The van der Waals surface area contributed by atoms with Crippen LogP contribution < -0.4 is 4.57 Å². The van der Waals surface area contributed by atoms with Crippen LogP contribution in [0.3, 0.4) is 0 Å². The predicted octanol–water partition coefficient (Wildman–Crippen LogP) is 6.44. The fraction of sp³-hybridized carbons (Fsp3) is 0.259. The molecule has 0 bridgehead atoms. The highest BCUT2D eigenvalue weighted by atomic mass is 15.0. The Hall–Kier alpha value is -3.00. The average molecular weight is 382 g/mol. The van der Waals surface area contributed by atoms with Crippen LogP contribution in [0.1, 0.15) is 42.3 Å². The van der Waals surface area contributed by atoms with Crippen molar-refractivity contribution in [3.05, 3.63) is 83.2 Å². The molecule has 2 nitrogen and oxygen atoms in total. The zero-order valence-electron chi connectivity index (χ0n) is 18.2. The third-order valence-corrected chi connectivity index (χ3v) is 6.08. The van der Waals surface area contributed by atoms with E-state index >= 15 is 0 Å². The average Bonchev–Trinajstić information content (AvgIpc) is 2.71. The van der Waals surface area contributed by atoms with E-state index < -0.39 is 0 Å². The number of benzene rings is 3. The molecule has 1 heterocycles. The highest BCUT2D eigenvalue weighted by Gasteiger charge is 2.22. The van der Waals surface area contributed by atoms with E-state index in [1.807, 2.05) is 0 Å². The molecule has 0 saturated carbocycles. The second kappa shape index (κ2) is 7.44. The molecule has 0 fully saturated rings. The quantitative estimate of drug-likeness (QED) is 0.373. The summed E-state index contributed by atoms with van der Waals surface area (Å²) in [5.74, 6) is 1.51. The van der Waals surface area contributed by atoms with E-state index in [1.54, 1.807) is 0 Å². The second-order valence-electron chi connectivity index (χ2n) is 8.33. The van der Waals surface area contributed by atoms with Crippen molar-refractivity contribution in [2.45, 2.75) is 40.5 Å². The number of aryl methyl sites for hydroxylation is 2. The highest BCUT2D eigenvalue weighted by Crippen LogP contribution is 2.34. The van der Waals surface area contributed by atoms with E-state index in [0.29, 0.717) is 5.92 Å². The summed E-state index contributed by atoms with van der Waals surface area (Å²) in [6, 6.07) is 22.0. The van der Waals surface area contributed by atoms with Gasteiger partial charge < -0.3 is 0 Å². The second-order valence-corrected chi connectivity index (χ2v) is 8.33. The Morgan fingerprint density at radius 2 is 1.55 bits per heavy atom. The molecule has 4 aromatic rings. The van der Waals surface area contributed by atoms with E-state index in [0.717, 1.165) is 11.3 Å². The van der Waals surface area contributed by atoms with Gasteiger partial charge in [-0.2, -0.15) is 0 Å². The topological polar surface area (TPSA) is 16.8 Å². The molecule has 3 aromatic carbocycles. The summed E-state index contributed by atoms with van der Waals surface area (Å²) in [6.45, 7) is 11.0. The van der Waals surface area contributed by atoms with Gasteiger partial charge in [0.15, 0.2) is 5.52 Å². The lowest BCUT2D eigenvalue weighted by molar-refractivity contribution is -0.668. The van der Waals surface area contributed by atoms with Gasteiger partial charge in [-0.15, -0.1) is 0 Å². The van der Waals surface area contributed by atoms with Gasteiger partial charge in [0.2, 0.25) is 0 Å². The van der Waals surface area contributed by atoms with Crippen LogP contribution >= 0.6 is 0 Å². The van der Waals surface area contributed by atoms with Gasteiger partial charge in [0.25, 0.3) is 5.82 Å². The minimum Gasteiger partial charge on any atom is -0.230 e. The third kappa shape index (κ3) is 3.44. The van der Waals surface area contributed by atoms with Gasteiger partial charge in [-0.1, -0.05) is 56.3 Å². The molecule has 0 amide bonds. The number of nitrogens with zero attached hydrogens (tertiary/aromatic N) is 2. The van der Waals surface area contributed by atoms with Crippen LogP contribution in [0.4, 0.5) is 0 Å². The first-order valence-corrected chi connectivity index (χ1v) is 10.3. The molecule has 0 spiro atoms. The Kier molecular flexibility index (Phi) is 4.96. The molecular formula is C27H29N2+. The van der Waals surface area contributed by atoms with E-state index in [9.17, 15) is 0 Å². The van der Waals surface area contributed by atoms with E-state index in [-0.39, 0.29) is 0 Å². The van der Waals surface area contributed by atoms with Gasteiger partial charge in [-0.05, 0) is 70.8 Å². The van der Waals surface area contributed by atoms with Crippen LogP contribution in [0, 0.1) is 20.8 Å². The van der Waals surface area contributed by atoms with E-state index in [1.165, 1.54) is 44.5 Å². The summed E-state index contributed by atoms with van der Waals surface area (Å²) in [7, 11) is 2.12. The smallest absolute Gasteiger partial charge is 0.230 e. The molecule has 0 aliphatic heterocycles. The summed E-state index contributed by atoms with van der Waals surface area (Å²) in [4.78, 5) is 4.90. The van der Waals surface area contributed by atoms with Crippen LogP contribution in [-0.2, 0) is 7.05 Å². The van der Waals surface area contributed by atoms with Crippen LogP contribution in [0.2, 0.25) is 0 Å². The zero-order chi connectivity index (χ0) is 20.7. The molecule has 0 N–H and O–H groups in total. The largest absolute Gasteiger partial charge is 0.296 e. The minimum absolute atomic E-state index is 0.490. The lowest BCUT2D eigenvalue weighted by Crippen LogP contribution is -2.36. The monoisotopic (exact) mass is 381 g/mol. The van der Waals surface area contributed by atoms with E-state index in [2.05, 4.69) is 107 Å². The molecule has 0 aliphatic rings. The molecule has 0 unspecified atom stereocenters. The summed E-state index contributed by atoms with van der Waals surface area (Å²) >= 11 is 0. The minimum atomic E-state index is 0.490. The van der Waals surface area contributed by atoms with Crippen molar-refractivity contribution >= 4 is 10.9 Å². The first-order valence-electron chi connectivity index (χ1n) is 10.3. The molecule has 4 rings (SSSR count). The molecule has 0 atom stereocenters. The Labute approximate surface area is 173 Å². The van der Waals surface area contributed by atoms with Crippen LogP contribution in [0.15, 0.2) is 60.7 Å². The maximum absolute atomic E-state index is 4.90. The molecule has 0 saturated heterocycles. The number of rotatable bonds is 3. The van der Waals surface area contributed by atoms with Gasteiger partial charge >= 0.3 is 0 Å². The van der Waals surface area contributed by atoms with Crippen LogP contribution in [-0.4, -0.2) is 4.98 Å². The Balaban J connectivity index is 2.04. The highest BCUT2D eigenvalue weighted by molar-refractivity contribution is 5.93. The molecule has 1 aromatic heterocycles. The molecule has 2 heteroatoms. The third-order valence-electron chi connectivity index (χ3n) is 6.08. The fourth-order valence-corrected chi connectivity index (χ4v) is 4.02. The van der Waals surface area contributed by atoms with Gasteiger partial charge in [0, 0.05) is 12.5 Å². The van der Waals surface area contributed by atoms with Crippen LogP contribution in [0.25, 0.3) is 33.3 Å². The van der Waals surface area contributed by atoms with Crippen molar-refractivity contribution in [3.8, 4) is 22.4 Å². The first-order chi connectivity index (χ1) is 13.9. The molecular weight excluding hydrogens is 352 g/mol. The Morgan fingerprint density at radius 1 is 0.828 bits per heavy atom. The van der Waals surface area contributed by atoms with Crippen molar-refractivity contribution in [1.29, 1.82) is 0 Å². The lowest BCUT2D eigenvalue weighted by atomic mass is 9.92. The normalized spacial score (nSPS) is 11.4. The van der Waals surface area contributed by atoms with Crippen molar-refractivity contribution in [2.75, 3.05) is 0 Å². The SMILES string of the molecule is Cc1cc(-c2ccccc2)cc(-c2c3ccc(C(C)C)cc3nc(C)[n+]2C)c1C. The van der Waals surface area contributed by atoms with Gasteiger partial charge in [0.05, 0.1) is 12.4 Å². The first kappa shape index (κ1) is 19.3.